The van der Waals surface area contributed by atoms with E-state index in [1.165, 1.54) is 0 Å². The Kier molecular flexibility index (Phi) is 4.49. The highest BCUT2D eigenvalue weighted by molar-refractivity contribution is 9.10. The number of benzene rings is 1. The minimum absolute atomic E-state index is 0.0416. The van der Waals surface area contributed by atoms with Crippen molar-refractivity contribution in [3.05, 3.63) is 34.3 Å². The normalized spacial score (nSPS) is 17.2. The van der Waals surface area contributed by atoms with Crippen molar-refractivity contribution < 1.29 is 9.47 Å². The first kappa shape index (κ1) is 16.6. The first-order valence-electron chi connectivity index (χ1n) is 7.78. The van der Waals surface area contributed by atoms with E-state index < -0.39 is 0 Å². The number of ether oxygens (including phenoxy) is 2. The summed E-state index contributed by atoms with van der Waals surface area (Å²) in [4.78, 5) is 13.4. The summed E-state index contributed by atoms with van der Waals surface area (Å²) in [6.45, 7) is 0.751. The van der Waals surface area contributed by atoms with E-state index in [0.29, 0.717) is 38.2 Å². The Bertz CT molecular complexity index is 926. The summed E-state index contributed by atoms with van der Waals surface area (Å²) in [5.74, 6) is 1.14. The summed E-state index contributed by atoms with van der Waals surface area (Å²) in [6.07, 6.45) is 3.67. The first-order chi connectivity index (χ1) is 12.2. The first-order valence-corrected chi connectivity index (χ1v) is 8.95. The van der Waals surface area contributed by atoms with E-state index in [9.17, 15) is 0 Å². The summed E-state index contributed by atoms with van der Waals surface area (Å²) in [5, 5.41) is 3.70. The molecule has 1 aliphatic heterocycles. The largest absolute Gasteiger partial charge is 0.495 e. The van der Waals surface area contributed by atoms with Gasteiger partial charge in [-0.1, -0.05) is 17.7 Å². The zero-order valence-corrected chi connectivity index (χ0v) is 15.7. The molecule has 9 heteroatoms. The molecule has 1 saturated heterocycles. The fraction of sp³-hybridized carbons (Fsp3) is 0.312. The Balaban J connectivity index is 1.77. The fourth-order valence-corrected chi connectivity index (χ4v) is 3.46. The Morgan fingerprint density at radius 1 is 1.40 bits per heavy atom. The molecule has 1 aliphatic rings. The number of hydrogen-bond donors (Lipinski definition) is 1. The number of nitrogens with zero attached hydrogens (tertiary/aromatic N) is 4. The van der Waals surface area contributed by atoms with Gasteiger partial charge in [-0.15, -0.1) is 0 Å². The summed E-state index contributed by atoms with van der Waals surface area (Å²) >= 11 is 9.74. The second-order valence-electron chi connectivity index (χ2n) is 5.58. The van der Waals surface area contributed by atoms with Gasteiger partial charge in [0.25, 0.3) is 0 Å². The van der Waals surface area contributed by atoms with Gasteiger partial charge in [-0.2, -0.15) is 0 Å². The highest BCUT2D eigenvalue weighted by atomic mass is 79.9. The number of anilines is 2. The number of rotatable bonds is 4. The Morgan fingerprint density at radius 3 is 3.04 bits per heavy atom. The second kappa shape index (κ2) is 6.78. The smallest absolute Gasteiger partial charge is 0.200 e. The van der Waals surface area contributed by atoms with E-state index in [1.807, 2.05) is 16.7 Å². The van der Waals surface area contributed by atoms with Gasteiger partial charge in [0.15, 0.2) is 17.0 Å². The van der Waals surface area contributed by atoms with Crippen molar-refractivity contribution in [2.45, 2.75) is 19.1 Å². The molecule has 130 valence electrons. The Labute approximate surface area is 157 Å². The van der Waals surface area contributed by atoms with E-state index in [0.717, 1.165) is 19.4 Å². The molecule has 0 aliphatic carbocycles. The van der Waals surface area contributed by atoms with Crippen LogP contribution in [0.4, 0.5) is 11.5 Å². The van der Waals surface area contributed by atoms with Gasteiger partial charge in [0, 0.05) is 6.61 Å². The molecule has 0 saturated carbocycles. The molecule has 7 nitrogen and oxygen atoms in total. The van der Waals surface area contributed by atoms with Crippen molar-refractivity contribution in [2.75, 3.05) is 19.0 Å². The highest BCUT2D eigenvalue weighted by Gasteiger charge is 2.22. The van der Waals surface area contributed by atoms with Crippen LogP contribution in [0, 0.1) is 0 Å². The minimum Gasteiger partial charge on any atom is -0.495 e. The van der Waals surface area contributed by atoms with E-state index in [2.05, 4.69) is 36.2 Å². The van der Waals surface area contributed by atoms with E-state index in [4.69, 9.17) is 21.1 Å². The zero-order chi connectivity index (χ0) is 17.4. The molecule has 0 amide bonds. The standard InChI is InChI=1S/C16H15BrClN5O2/c1-24-10-5-2-4-9(12(10)18)20-14-13-15(22-16(17)21-14)23(8-19-13)11-6-3-7-25-11/h2,4-5,8,11H,3,6-7H2,1H3,(H,20,21,22). The molecular weight excluding hydrogens is 410 g/mol. The number of hydrogen-bond acceptors (Lipinski definition) is 6. The van der Waals surface area contributed by atoms with Crippen LogP contribution in [0.15, 0.2) is 29.3 Å². The van der Waals surface area contributed by atoms with E-state index >= 15 is 0 Å². The van der Waals surface area contributed by atoms with Gasteiger partial charge in [-0.25, -0.2) is 15.0 Å². The van der Waals surface area contributed by atoms with Crippen LogP contribution in [0.1, 0.15) is 19.1 Å². The maximum Gasteiger partial charge on any atom is 0.200 e. The molecule has 1 fully saturated rings. The van der Waals surface area contributed by atoms with E-state index in [1.54, 1.807) is 19.5 Å². The van der Waals surface area contributed by atoms with Crippen LogP contribution in [0.2, 0.25) is 5.02 Å². The molecule has 3 aromatic rings. The van der Waals surface area contributed by atoms with E-state index in [-0.39, 0.29) is 6.23 Å². The molecular formula is C16H15BrClN5O2. The number of imidazole rings is 1. The van der Waals surface area contributed by atoms with Crippen molar-refractivity contribution in [3.8, 4) is 5.75 Å². The van der Waals surface area contributed by atoms with Gasteiger partial charge >= 0.3 is 0 Å². The van der Waals surface area contributed by atoms with Crippen LogP contribution >= 0.6 is 27.5 Å². The average Bonchev–Trinajstić information content (AvgIpc) is 3.25. The monoisotopic (exact) mass is 423 g/mol. The lowest BCUT2D eigenvalue weighted by molar-refractivity contribution is 0.0592. The SMILES string of the molecule is COc1cccc(Nc2nc(Br)nc3c2ncn3C2CCCO2)c1Cl. The zero-order valence-electron chi connectivity index (χ0n) is 13.4. The van der Waals surface area contributed by atoms with Gasteiger partial charge in [-0.3, -0.25) is 4.57 Å². The molecule has 0 bridgehead atoms. The number of methoxy groups -OCH3 is 1. The van der Waals surface area contributed by atoms with Crippen LogP contribution in [-0.4, -0.2) is 33.2 Å². The van der Waals surface area contributed by atoms with Crippen LogP contribution in [0.5, 0.6) is 5.75 Å². The third-order valence-corrected chi connectivity index (χ3v) is 4.79. The minimum atomic E-state index is -0.0416. The molecule has 1 atom stereocenters. The molecule has 0 radical (unpaired) electrons. The summed E-state index contributed by atoms with van der Waals surface area (Å²) in [5.41, 5.74) is 2.03. The molecule has 1 unspecified atom stereocenters. The Hall–Kier alpha value is -1.90. The van der Waals surface area contributed by atoms with Crippen LogP contribution in [-0.2, 0) is 4.74 Å². The lowest BCUT2D eigenvalue weighted by atomic mass is 10.3. The number of fused-ring (bicyclic) bond motifs is 1. The summed E-state index contributed by atoms with van der Waals surface area (Å²) < 4.78 is 13.4. The second-order valence-corrected chi connectivity index (χ2v) is 6.67. The predicted octanol–water partition coefficient (Wildman–Crippen LogP) is 4.30. The van der Waals surface area contributed by atoms with Gasteiger partial charge in [0.05, 0.1) is 19.1 Å². The quantitative estimate of drug-likeness (QED) is 0.629. The Morgan fingerprint density at radius 2 is 2.28 bits per heavy atom. The molecule has 0 spiro atoms. The lowest BCUT2D eigenvalue weighted by Gasteiger charge is -2.13. The van der Waals surface area contributed by atoms with Crippen molar-refractivity contribution in [1.82, 2.24) is 19.5 Å². The third kappa shape index (κ3) is 3.05. The average molecular weight is 425 g/mol. The van der Waals surface area contributed by atoms with Gasteiger partial charge < -0.3 is 14.8 Å². The molecule has 2 aromatic heterocycles. The van der Waals surface area contributed by atoms with Gasteiger partial charge in [0.1, 0.15) is 17.0 Å². The molecule has 25 heavy (non-hydrogen) atoms. The van der Waals surface area contributed by atoms with Crippen LogP contribution < -0.4 is 10.1 Å². The van der Waals surface area contributed by atoms with Gasteiger partial charge in [-0.05, 0) is 40.9 Å². The summed E-state index contributed by atoms with van der Waals surface area (Å²) in [7, 11) is 1.58. The van der Waals surface area contributed by atoms with Crippen molar-refractivity contribution in [3.63, 3.8) is 0 Å². The number of nitrogens with one attached hydrogen (secondary N) is 1. The highest BCUT2D eigenvalue weighted by Crippen LogP contribution is 2.35. The molecule has 1 N–H and O–H groups in total. The predicted molar refractivity (Wildman–Crippen MR) is 98.5 cm³/mol. The van der Waals surface area contributed by atoms with Crippen molar-refractivity contribution in [2.24, 2.45) is 0 Å². The maximum atomic E-state index is 6.37. The molecule has 3 heterocycles. The lowest BCUT2D eigenvalue weighted by Crippen LogP contribution is -2.07. The fourth-order valence-electron chi connectivity index (χ4n) is 2.86. The van der Waals surface area contributed by atoms with Crippen molar-refractivity contribution >= 4 is 50.2 Å². The van der Waals surface area contributed by atoms with Crippen molar-refractivity contribution in [1.29, 1.82) is 0 Å². The van der Waals surface area contributed by atoms with Gasteiger partial charge in [0.2, 0.25) is 4.73 Å². The topological polar surface area (TPSA) is 74.1 Å². The maximum absolute atomic E-state index is 6.37. The number of aromatic nitrogens is 4. The summed E-state index contributed by atoms with van der Waals surface area (Å²) in [6, 6.07) is 5.50. The van der Waals surface area contributed by atoms with Crippen LogP contribution in [0.3, 0.4) is 0 Å². The molecule has 4 rings (SSSR count). The number of halogens is 2. The third-order valence-electron chi connectivity index (χ3n) is 4.05. The van der Waals surface area contributed by atoms with Crippen LogP contribution in [0.25, 0.3) is 11.2 Å². The molecule has 1 aromatic carbocycles.